The minimum atomic E-state index is -3.77. The molecule has 0 saturated carbocycles. The largest absolute Gasteiger partial charge is 0.354 e. The summed E-state index contributed by atoms with van der Waals surface area (Å²) in [5.41, 5.74) is 0.906. The Balaban J connectivity index is 1.60. The lowest BCUT2D eigenvalue weighted by molar-refractivity contribution is -0.120. The monoisotopic (exact) mass is 554 g/mol. The fourth-order valence-electron chi connectivity index (χ4n) is 3.36. The third kappa shape index (κ3) is 5.82. The van der Waals surface area contributed by atoms with Crippen molar-refractivity contribution in [1.82, 2.24) is 14.9 Å². The van der Waals surface area contributed by atoms with E-state index in [1.54, 1.807) is 12.1 Å². The molecule has 1 saturated heterocycles. The zero-order valence-electron chi connectivity index (χ0n) is 15.9. The molecular weight excluding hydrogens is 536 g/mol. The summed E-state index contributed by atoms with van der Waals surface area (Å²) in [7, 11) is -3.77. The first-order chi connectivity index (χ1) is 14.3. The Morgan fingerprint density at radius 2 is 1.93 bits per heavy atom. The minimum Gasteiger partial charge on any atom is -0.354 e. The smallest absolute Gasteiger partial charge is 0.242 e. The van der Waals surface area contributed by atoms with Crippen molar-refractivity contribution in [3.8, 4) is 6.19 Å². The summed E-state index contributed by atoms with van der Waals surface area (Å²) in [6.45, 7) is 0.526. The van der Waals surface area contributed by atoms with Crippen molar-refractivity contribution >= 4 is 47.8 Å². The van der Waals surface area contributed by atoms with Crippen molar-refractivity contribution in [2.45, 2.75) is 29.8 Å². The normalized spacial score (nSPS) is 18.8. The fraction of sp³-hybridized carbons (Fsp3) is 0.300. The van der Waals surface area contributed by atoms with E-state index in [2.05, 4.69) is 48.1 Å². The highest BCUT2D eigenvalue weighted by molar-refractivity contribution is 9.11. The number of nitrogens with zero attached hydrogens (tertiary/aromatic N) is 2. The maximum atomic E-state index is 12.8. The number of amides is 1. The Labute approximate surface area is 192 Å². The van der Waals surface area contributed by atoms with E-state index in [0.29, 0.717) is 15.4 Å². The van der Waals surface area contributed by atoms with E-state index in [4.69, 9.17) is 0 Å². The van der Waals surface area contributed by atoms with Crippen LogP contribution in [0.2, 0.25) is 0 Å². The van der Waals surface area contributed by atoms with Crippen molar-refractivity contribution in [3.63, 3.8) is 0 Å². The van der Waals surface area contributed by atoms with Gasteiger partial charge in [0.2, 0.25) is 15.9 Å². The van der Waals surface area contributed by atoms with E-state index >= 15 is 0 Å². The average Bonchev–Trinajstić information content (AvgIpc) is 3.10. The van der Waals surface area contributed by atoms with Gasteiger partial charge < -0.3 is 10.2 Å². The Morgan fingerprint density at radius 3 is 2.63 bits per heavy atom. The van der Waals surface area contributed by atoms with Gasteiger partial charge in [-0.15, -0.1) is 0 Å². The highest BCUT2D eigenvalue weighted by Gasteiger charge is 2.35. The molecule has 0 unspecified atom stereocenters. The van der Waals surface area contributed by atoms with Gasteiger partial charge in [-0.25, -0.2) is 13.1 Å². The summed E-state index contributed by atoms with van der Waals surface area (Å²) in [4.78, 5) is 13.8. The second-order valence-electron chi connectivity index (χ2n) is 7.00. The van der Waals surface area contributed by atoms with Crippen molar-refractivity contribution in [3.05, 3.63) is 63.0 Å². The van der Waals surface area contributed by atoms with E-state index in [-0.39, 0.29) is 36.4 Å². The van der Waals surface area contributed by atoms with E-state index in [1.807, 2.05) is 30.3 Å². The van der Waals surface area contributed by atoms with E-state index in [0.717, 1.165) is 5.56 Å². The fourth-order valence-corrected chi connectivity index (χ4v) is 6.10. The standard InChI is InChI=1S/C20H20Br2N4O3S/c21-15-6-7-18(22)19(9-15)30(28,29)25-16-10-17(26(12-16)13-23)11-24-20(27)8-14-4-2-1-3-5-14/h1-7,9,16-17,25H,8,10-12H2,(H,24,27)/t16-,17-/m1/s1. The van der Waals surface area contributed by atoms with Gasteiger partial charge in [0.25, 0.3) is 0 Å². The van der Waals surface area contributed by atoms with Crippen LogP contribution in [0.5, 0.6) is 0 Å². The molecule has 2 aromatic rings. The molecule has 2 aromatic carbocycles. The average molecular weight is 556 g/mol. The number of sulfonamides is 1. The molecule has 30 heavy (non-hydrogen) atoms. The lowest BCUT2D eigenvalue weighted by Gasteiger charge is -2.18. The van der Waals surface area contributed by atoms with Gasteiger partial charge >= 0.3 is 0 Å². The van der Waals surface area contributed by atoms with Crippen molar-refractivity contribution < 1.29 is 13.2 Å². The molecule has 2 N–H and O–H groups in total. The molecule has 7 nitrogen and oxygen atoms in total. The lowest BCUT2D eigenvalue weighted by Crippen LogP contribution is -2.38. The second-order valence-corrected chi connectivity index (χ2v) is 10.5. The quantitative estimate of drug-likeness (QED) is 0.511. The molecule has 0 spiro atoms. The predicted molar refractivity (Wildman–Crippen MR) is 120 cm³/mol. The number of hydrogen-bond acceptors (Lipinski definition) is 5. The summed E-state index contributed by atoms with van der Waals surface area (Å²) < 4.78 is 29.4. The highest BCUT2D eigenvalue weighted by Crippen LogP contribution is 2.27. The van der Waals surface area contributed by atoms with Gasteiger partial charge in [0.1, 0.15) is 0 Å². The third-order valence-corrected chi connectivity index (χ3v) is 7.80. The summed E-state index contributed by atoms with van der Waals surface area (Å²) in [5.74, 6) is -0.138. The second kappa shape index (κ2) is 9.92. The molecule has 1 fully saturated rings. The zero-order chi connectivity index (χ0) is 21.7. The summed E-state index contributed by atoms with van der Waals surface area (Å²) in [6.07, 6.45) is 2.77. The molecule has 1 aliphatic rings. The highest BCUT2D eigenvalue weighted by atomic mass is 79.9. The Kier molecular flexibility index (Phi) is 7.52. The molecule has 1 aliphatic heterocycles. The van der Waals surface area contributed by atoms with E-state index in [1.165, 1.54) is 11.0 Å². The van der Waals surface area contributed by atoms with Gasteiger partial charge in [-0.2, -0.15) is 5.26 Å². The van der Waals surface area contributed by atoms with Crippen LogP contribution in [0.1, 0.15) is 12.0 Å². The Morgan fingerprint density at radius 1 is 1.20 bits per heavy atom. The first-order valence-electron chi connectivity index (χ1n) is 9.23. The van der Waals surface area contributed by atoms with E-state index < -0.39 is 16.1 Å². The molecule has 1 amide bonds. The van der Waals surface area contributed by atoms with Gasteiger partial charge in [-0.3, -0.25) is 4.79 Å². The number of hydrogen-bond donors (Lipinski definition) is 2. The van der Waals surface area contributed by atoms with Crippen LogP contribution in [0, 0.1) is 11.5 Å². The lowest BCUT2D eigenvalue weighted by atomic mass is 10.1. The number of benzene rings is 2. The van der Waals surface area contributed by atoms with Gasteiger partial charge in [0, 0.05) is 28.1 Å². The zero-order valence-corrected chi connectivity index (χ0v) is 19.9. The minimum absolute atomic E-state index is 0.125. The van der Waals surface area contributed by atoms with Crippen molar-refractivity contribution in [2.75, 3.05) is 13.1 Å². The number of rotatable bonds is 7. The van der Waals surface area contributed by atoms with E-state index in [9.17, 15) is 18.5 Å². The number of carbonyl (C=O) groups excluding carboxylic acids is 1. The van der Waals surface area contributed by atoms with Crippen LogP contribution < -0.4 is 10.0 Å². The molecule has 0 aromatic heterocycles. The molecule has 2 atom stereocenters. The summed E-state index contributed by atoms with van der Waals surface area (Å²) >= 11 is 6.56. The number of halogens is 2. The molecule has 3 rings (SSSR count). The number of nitrogens with one attached hydrogen (secondary N) is 2. The number of nitriles is 1. The van der Waals surface area contributed by atoms with Crippen LogP contribution in [0.3, 0.4) is 0 Å². The molecule has 0 bridgehead atoms. The van der Waals surface area contributed by atoms with Crippen molar-refractivity contribution in [2.24, 2.45) is 0 Å². The number of carbonyl (C=O) groups is 1. The Bertz CT molecular complexity index is 1060. The van der Waals surface area contributed by atoms with Crippen LogP contribution >= 0.6 is 31.9 Å². The molecule has 0 radical (unpaired) electrons. The maximum absolute atomic E-state index is 12.8. The molecular formula is C20H20Br2N4O3S. The number of likely N-dealkylation sites (tertiary alicyclic amines) is 1. The van der Waals surface area contributed by atoms with Gasteiger partial charge in [0.05, 0.1) is 17.4 Å². The SMILES string of the molecule is N#CN1C[C@H](NS(=O)(=O)c2cc(Br)ccc2Br)C[C@@H]1CNC(=O)Cc1ccccc1. The van der Waals surface area contributed by atoms with Crippen molar-refractivity contribution in [1.29, 1.82) is 5.26 Å². The topological polar surface area (TPSA) is 102 Å². The van der Waals surface area contributed by atoms with Gasteiger partial charge in [-0.1, -0.05) is 46.3 Å². The molecule has 158 valence electrons. The van der Waals surface area contributed by atoms with Gasteiger partial charge in [-0.05, 0) is 46.1 Å². The summed E-state index contributed by atoms with van der Waals surface area (Å²) in [5, 5.41) is 12.3. The predicted octanol–water partition coefficient (Wildman–Crippen LogP) is 2.77. The first kappa shape index (κ1) is 22.7. The first-order valence-corrected chi connectivity index (χ1v) is 12.3. The van der Waals surface area contributed by atoms with Crippen LogP contribution in [0.4, 0.5) is 0 Å². The third-order valence-electron chi connectivity index (χ3n) is 4.79. The maximum Gasteiger partial charge on any atom is 0.242 e. The van der Waals surface area contributed by atoms with Crippen LogP contribution in [-0.2, 0) is 21.2 Å². The van der Waals surface area contributed by atoms with Crippen LogP contribution in [0.25, 0.3) is 0 Å². The van der Waals surface area contributed by atoms with Crippen LogP contribution in [0.15, 0.2) is 62.4 Å². The molecule has 10 heteroatoms. The Hall–Kier alpha value is -1.93. The van der Waals surface area contributed by atoms with Crippen LogP contribution in [-0.4, -0.2) is 44.4 Å². The molecule has 0 aliphatic carbocycles. The summed E-state index contributed by atoms with van der Waals surface area (Å²) in [6, 6.07) is 13.6. The van der Waals surface area contributed by atoms with Gasteiger partial charge in [0.15, 0.2) is 6.19 Å². The molecule has 1 heterocycles.